The highest BCUT2D eigenvalue weighted by Gasteiger charge is 2.38. The highest BCUT2D eigenvalue weighted by Crippen LogP contribution is 2.28. The molecule has 1 N–H and O–H groups in total. The lowest BCUT2D eigenvalue weighted by Gasteiger charge is -2.35. The van der Waals surface area contributed by atoms with E-state index in [9.17, 15) is 4.79 Å². The van der Waals surface area contributed by atoms with Crippen LogP contribution < -0.4 is 0 Å². The van der Waals surface area contributed by atoms with Crippen molar-refractivity contribution in [3.8, 4) is 11.3 Å². The molecule has 1 amide bonds. The third-order valence-electron chi connectivity index (χ3n) is 5.17. The number of H-pyrrole nitrogens is 1. The third kappa shape index (κ3) is 2.63. The molecule has 2 aromatic rings. The summed E-state index contributed by atoms with van der Waals surface area (Å²) in [5.74, 6) is 0.0307. The maximum absolute atomic E-state index is 13.1. The molecule has 7 heteroatoms. The number of aromatic nitrogens is 2. The van der Waals surface area contributed by atoms with Crippen LogP contribution >= 0.6 is 0 Å². The first-order valence-corrected chi connectivity index (χ1v) is 8.44. The largest absolute Gasteiger partial charge is 0.472 e. The Morgan fingerprint density at radius 3 is 2.92 bits per heavy atom. The van der Waals surface area contributed by atoms with E-state index in [-0.39, 0.29) is 11.9 Å². The standard InChI is InChI=1S/C17H22N4O3/c1-12-15(20-5-8-23-9-6-20)2-4-21(12)17(22)14-10-18-19-16(14)13-3-7-24-11-13/h3,7,10-12,15H,2,4-6,8-9H2,1H3,(H,18,19)/t12-,15-/m1/s1. The zero-order valence-electron chi connectivity index (χ0n) is 13.8. The predicted molar refractivity (Wildman–Crippen MR) is 87.6 cm³/mol. The number of hydrogen-bond donors (Lipinski definition) is 1. The van der Waals surface area contributed by atoms with Gasteiger partial charge >= 0.3 is 0 Å². The topological polar surface area (TPSA) is 74.6 Å². The summed E-state index contributed by atoms with van der Waals surface area (Å²) in [4.78, 5) is 17.5. The van der Waals surface area contributed by atoms with Gasteiger partial charge in [-0.05, 0) is 19.4 Å². The minimum absolute atomic E-state index is 0.0307. The maximum Gasteiger partial charge on any atom is 0.257 e. The van der Waals surface area contributed by atoms with Crippen LogP contribution in [-0.4, -0.2) is 70.8 Å². The SMILES string of the molecule is C[C@@H]1[C@H](N2CCOCC2)CCN1C(=O)c1cn[nH]c1-c1ccoc1. The van der Waals surface area contributed by atoms with E-state index in [0.29, 0.717) is 11.6 Å². The number of nitrogens with one attached hydrogen (secondary N) is 1. The number of ether oxygens (including phenoxy) is 1. The summed E-state index contributed by atoms with van der Waals surface area (Å²) in [5, 5.41) is 6.98. The molecule has 128 valence electrons. The first-order chi connectivity index (χ1) is 11.8. The van der Waals surface area contributed by atoms with E-state index in [1.807, 2.05) is 11.0 Å². The fourth-order valence-electron chi connectivity index (χ4n) is 3.84. The average Bonchev–Trinajstić information content (AvgIpc) is 3.35. The molecule has 4 heterocycles. The second kappa shape index (κ2) is 6.41. The number of furan rings is 1. The molecule has 2 atom stereocenters. The molecule has 0 saturated carbocycles. The first kappa shape index (κ1) is 15.4. The highest BCUT2D eigenvalue weighted by molar-refractivity contribution is 6.00. The van der Waals surface area contributed by atoms with Crippen LogP contribution in [0.1, 0.15) is 23.7 Å². The Balaban J connectivity index is 1.52. The van der Waals surface area contributed by atoms with Crippen molar-refractivity contribution in [2.45, 2.75) is 25.4 Å². The molecule has 0 bridgehead atoms. The molecular weight excluding hydrogens is 308 g/mol. The molecule has 4 rings (SSSR count). The zero-order chi connectivity index (χ0) is 16.5. The van der Waals surface area contributed by atoms with Crippen LogP contribution in [0, 0.1) is 0 Å². The second-order valence-corrected chi connectivity index (χ2v) is 6.41. The fraction of sp³-hybridized carbons (Fsp3) is 0.529. The molecule has 0 aromatic carbocycles. The molecule has 7 nitrogen and oxygen atoms in total. The lowest BCUT2D eigenvalue weighted by atomic mass is 10.1. The molecule has 2 fully saturated rings. The van der Waals surface area contributed by atoms with Crippen LogP contribution in [0.5, 0.6) is 0 Å². The van der Waals surface area contributed by atoms with Crippen molar-refractivity contribution in [2.24, 2.45) is 0 Å². The summed E-state index contributed by atoms with van der Waals surface area (Å²) < 4.78 is 10.6. The fourth-order valence-corrected chi connectivity index (χ4v) is 3.84. The monoisotopic (exact) mass is 330 g/mol. The van der Waals surface area contributed by atoms with Gasteiger partial charge < -0.3 is 14.1 Å². The van der Waals surface area contributed by atoms with E-state index in [2.05, 4.69) is 22.0 Å². The predicted octanol–water partition coefficient (Wildman–Crippen LogP) is 1.60. The number of rotatable bonds is 3. The van der Waals surface area contributed by atoms with E-state index >= 15 is 0 Å². The number of hydrogen-bond acceptors (Lipinski definition) is 5. The number of morpholine rings is 1. The molecule has 0 aliphatic carbocycles. The van der Waals surface area contributed by atoms with Gasteiger partial charge in [-0.1, -0.05) is 0 Å². The number of nitrogens with zero attached hydrogens (tertiary/aromatic N) is 3. The zero-order valence-corrected chi connectivity index (χ0v) is 13.8. The number of likely N-dealkylation sites (tertiary alicyclic amines) is 1. The number of aromatic amines is 1. The van der Waals surface area contributed by atoms with Gasteiger partial charge in [0.25, 0.3) is 5.91 Å². The molecule has 2 saturated heterocycles. The Labute approximate surface area is 140 Å². The second-order valence-electron chi connectivity index (χ2n) is 6.41. The van der Waals surface area contributed by atoms with Crippen molar-refractivity contribution in [2.75, 3.05) is 32.8 Å². The highest BCUT2D eigenvalue weighted by atomic mass is 16.5. The normalized spacial score (nSPS) is 25.3. The van der Waals surface area contributed by atoms with Crippen molar-refractivity contribution in [1.82, 2.24) is 20.0 Å². The Morgan fingerprint density at radius 1 is 1.33 bits per heavy atom. The average molecular weight is 330 g/mol. The van der Waals surface area contributed by atoms with Gasteiger partial charge in [0, 0.05) is 37.3 Å². The minimum atomic E-state index is 0.0307. The number of carbonyl (C=O) groups is 1. The van der Waals surface area contributed by atoms with Crippen LogP contribution in [0.15, 0.2) is 29.2 Å². The Kier molecular flexibility index (Phi) is 4.12. The molecule has 0 spiro atoms. The molecule has 24 heavy (non-hydrogen) atoms. The lowest BCUT2D eigenvalue weighted by Crippen LogP contribution is -2.49. The molecule has 0 unspecified atom stereocenters. The van der Waals surface area contributed by atoms with E-state index in [1.54, 1.807) is 18.7 Å². The number of amides is 1. The van der Waals surface area contributed by atoms with Crippen LogP contribution in [0.25, 0.3) is 11.3 Å². The van der Waals surface area contributed by atoms with Gasteiger partial charge in [0.15, 0.2) is 0 Å². The van der Waals surface area contributed by atoms with E-state index in [1.165, 1.54) is 0 Å². The minimum Gasteiger partial charge on any atom is -0.472 e. The smallest absolute Gasteiger partial charge is 0.257 e. The first-order valence-electron chi connectivity index (χ1n) is 8.44. The van der Waals surface area contributed by atoms with Gasteiger partial charge in [-0.25, -0.2) is 0 Å². The Morgan fingerprint density at radius 2 is 2.17 bits per heavy atom. The summed E-state index contributed by atoms with van der Waals surface area (Å²) in [6.07, 6.45) is 5.83. The molecular formula is C17H22N4O3. The van der Waals surface area contributed by atoms with E-state index in [0.717, 1.165) is 50.5 Å². The molecule has 0 radical (unpaired) electrons. The van der Waals surface area contributed by atoms with Gasteiger partial charge in [0.05, 0.1) is 43.2 Å². The molecule has 2 aliphatic rings. The number of carbonyl (C=O) groups excluding carboxylic acids is 1. The molecule has 2 aromatic heterocycles. The van der Waals surface area contributed by atoms with Gasteiger partial charge in [-0.3, -0.25) is 14.8 Å². The van der Waals surface area contributed by atoms with Crippen molar-refractivity contribution in [1.29, 1.82) is 0 Å². The maximum atomic E-state index is 13.1. The van der Waals surface area contributed by atoms with Crippen molar-refractivity contribution in [3.63, 3.8) is 0 Å². The Bertz CT molecular complexity index is 691. The van der Waals surface area contributed by atoms with Crippen LogP contribution in [-0.2, 0) is 4.74 Å². The lowest BCUT2D eigenvalue weighted by molar-refractivity contribution is 0.0104. The quantitative estimate of drug-likeness (QED) is 0.925. The van der Waals surface area contributed by atoms with Gasteiger partial charge in [-0.2, -0.15) is 5.10 Å². The van der Waals surface area contributed by atoms with Crippen molar-refractivity contribution >= 4 is 5.91 Å². The van der Waals surface area contributed by atoms with E-state index < -0.39 is 0 Å². The summed E-state index contributed by atoms with van der Waals surface area (Å²) in [6.45, 7) is 6.37. The third-order valence-corrected chi connectivity index (χ3v) is 5.17. The van der Waals surface area contributed by atoms with Crippen molar-refractivity contribution < 1.29 is 13.9 Å². The van der Waals surface area contributed by atoms with Gasteiger partial charge in [0.2, 0.25) is 0 Å². The van der Waals surface area contributed by atoms with Crippen molar-refractivity contribution in [3.05, 3.63) is 30.4 Å². The summed E-state index contributed by atoms with van der Waals surface area (Å²) in [7, 11) is 0. The summed E-state index contributed by atoms with van der Waals surface area (Å²) in [5.41, 5.74) is 2.16. The molecule has 2 aliphatic heterocycles. The summed E-state index contributed by atoms with van der Waals surface area (Å²) in [6, 6.07) is 2.42. The Hall–Kier alpha value is -2.12. The summed E-state index contributed by atoms with van der Waals surface area (Å²) >= 11 is 0. The van der Waals surface area contributed by atoms with Crippen LogP contribution in [0.2, 0.25) is 0 Å². The van der Waals surface area contributed by atoms with E-state index in [4.69, 9.17) is 9.15 Å². The van der Waals surface area contributed by atoms with Crippen LogP contribution in [0.4, 0.5) is 0 Å². The van der Waals surface area contributed by atoms with Gasteiger partial charge in [-0.15, -0.1) is 0 Å². The van der Waals surface area contributed by atoms with Crippen LogP contribution in [0.3, 0.4) is 0 Å². The van der Waals surface area contributed by atoms with Gasteiger partial charge in [0.1, 0.15) is 0 Å².